The minimum atomic E-state index is 0.847. The van der Waals surface area contributed by atoms with Gasteiger partial charge in [-0.05, 0) is 0 Å². The molecular formula is C12H14N6. The molecule has 1 saturated heterocycles. The Kier molecular flexibility index (Phi) is 3.10. The second kappa shape index (κ2) is 5.05. The molecule has 6 heteroatoms. The Morgan fingerprint density at radius 1 is 1.00 bits per heavy atom. The molecule has 0 amide bonds. The van der Waals surface area contributed by atoms with E-state index >= 15 is 0 Å². The molecule has 2 aromatic rings. The van der Waals surface area contributed by atoms with Gasteiger partial charge in [-0.15, -0.1) is 0 Å². The molecule has 0 saturated carbocycles. The maximum absolute atomic E-state index is 4.46. The van der Waals surface area contributed by atoms with Crippen molar-refractivity contribution in [1.82, 2.24) is 25.3 Å². The average molecular weight is 242 g/mol. The van der Waals surface area contributed by atoms with Crippen LogP contribution < -0.4 is 10.2 Å². The Morgan fingerprint density at radius 3 is 2.50 bits per heavy atom. The van der Waals surface area contributed by atoms with Gasteiger partial charge in [-0.1, -0.05) is 0 Å². The number of nitrogens with zero attached hydrogens (tertiary/aromatic N) is 5. The van der Waals surface area contributed by atoms with E-state index in [2.05, 4.69) is 30.2 Å². The Morgan fingerprint density at radius 2 is 1.72 bits per heavy atom. The summed E-state index contributed by atoms with van der Waals surface area (Å²) in [6.45, 7) is 3.83. The molecule has 92 valence electrons. The molecule has 0 aliphatic carbocycles. The van der Waals surface area contributed by atoms with Gasteiger partial charge in [0.1, 0.15) is 12.0 Å². The molecular weight excluding hydrogens is 228 g/mol. The molecule has 6 nitrogen and oxygen atoms in total. The number of nitrogens with one attached hydrogen (secondary N) is 1. The maximum atomic E-state index is 4.46. The van der Waals surface area contributed by atoms with Crippen molar-refractivity contribution in [3.05, 3.63) is 31.1 Å². The number of hydrogen-bond acceptors (Lipinski definition) is 6. The molecule has 0 radical (unpaired) electrons. The highest BCUT2D eigenvalue weighted by atomic mass is 15.2. The number of rotatable bonds is 2. The third kappa shape index (κ3) is 2.14. The van der Waals surface area contributed by atoms with Crippen molar-refractivity contribution in [2.45, 2.75) is 0 Å². The van der Waals surface area contributed by atoms with Crippen molar-refractivity contribution in [3.63, 3.8) is 0 Å². The van der Waals surface area contributed by atoms with Gasteiger partial charge in [0, 0.05) is 56.5 Å². The van der Waals surface area contributed by atoms with E-state index in [1.54, 1.807) is 24.8 Å². The molecule has 18 heavy (non-hydrogen) atoms. The summed E-state index contributed by atoms with van der Waals surface area (Å²) in [5, 5.41) is 3.33. The lowest BCUT2D eigenvalue weighted by molar-refractivity contribution is 0.585. The van der Waals surface area contributed by atoms with Gasteiger partial charge in [0.2, 0.25) is 0 Å². The summed E-state index contributed by atoms with van der Waals surface area (Å²) in [7, 11) is 0. The van der Waals surface area contributed by atoms with E-state index in [9.17, 15) is 0 Å². The Bertz CT molecular complexity index is 509. The monoisotopic (exact) mass is 242 g/mol. The number of hydrogen-bond donors (Lipinski definition) is 1. The Labute approximate surface area is 105 Å². The fourth-order valence-electron chi connectivity index (χ4n) is 2.06. The molecule has 1 fully saturated rings. The summed E-state index contributed by atoms with van der Waals surface area (Å²) in [5.41, 5.74) is 1.75. The molecule has 2 aromatic heterocycles. The van der Waals surface area contributed by atoms with Crippen LogP contribution in [0.25, 0.3) is 11.3 Å². The van der Waals surface area contributed by atoms with Crippen LogP contribution in [0.1, 0.15) is 0 Å². The quantitative estimate of drug-likeness (QED) is 0.819. The second-order valence-corrected chi connectivity index (χ2v) is 4.09. The van der Waals surface area contributed by atoms with E-state index in [0.717, 1.165) is 43.3 Å². The van der Waals surface area contributed by atoms with Gasteiger partial charge < -0.3 is 10.2 Å². The Hall–Kier alpha value is -2.08. The van der Waals surface area contributed by atoms with Gasteiger partial charge in [-0.3, -0.25) is 4.98 Å². The highest BCUT2D eigenvalue weighted by Gasteiger charge is 2.17. The van der Waals surface area contributed by atoms with Gasteiger partial charge in [0.05, 0.1) is 0 Å². The van der Waals surface area contributed by atoms with Gasteiger partial charge in [0.25, 0.3) is 0 Å². The summed E-state index contributed by atoms with van der Waals surface area (Å²) in [5.74, 6) is 0.911. The van der Waals surface area contributed by atoms with Crippen molar-refractivity contribution >= 4 is 5.82 Å². The molecule has 1 N–H and O–H groups in total. The van der Waals surface area contributed by atoms with Crippen molar-refractivity contribution in [1.29, 1.82) is 0 Å². The van der Waals surface area contributed by atoms with E-state index in [1.165, 1.54) is 6.33 Å². The van der Waals surface area contributed by atoms with Crippen LogP contribution in [0.5, 0.6) is 0 Å². The van der Waals surface area contributed by atoms with Crippen molar-refractivity contribution in [3.8, 4) is 11.3 Å². The van der Waals surface area contributed by atoms with Crippen LogP contribution >= 0.6 is 0 Å². The van der Waals surface area contributed by atoms with E-state index in [1.807, 2.05) is 0 Å². The average Bonchev–Trinajstić information content (AvgIpc) is 2.49. The Balaban J connectivity index is 1.99. The first kappa shape index (κ1) is 11.0. The number of anilines is 1. The van der Waals surface area contributed by atoms with E-state index < -0.39 is 0 Å². The topological polar surface area (TPSA) is 66.8 Å². The van der Waals surface area contributed by atoms with Crippen molar-refractivity contribution < 1.29 is 0 Å². The second-order valence-electron chi connectivity index (χ2n) is 4.09. The lowest BCUT2D eigenvalue weighted by Crippen LogP contribution is -2.44. The molecule has 3 heterocycles. The van der Waals surface area contributed by atoms with Crippen LogP contribution in [0.15, 0.2) is 31.1 Å². The van der Waals surface area contributed by atoms with Crippen molar-refractivity contribution in [2.75, 3.05) is 31.1 Å². The highest BCUT2D eigenvalue weighted by Crippen LogP contribution is 2.25. The van der Waals surface area contributed by atoms with Gasteiger partial charge in [-0.25, -0.2) is 15.0 Å². The van der Waals surface area contributed by atoms with Crippen LogP contribution in [-0.4, -0.2) is 46.1 Å². The number of piperazine rings is 1. The minimum absolute atomic E-state index is 0.847. The molecule has 1 aliphatic heterocycles. The van der Waals surface area contributed by atoms with Crippen LogP contribution in [0, 0.1) is 0 Å². The van der Waals surface area contributed by atoms with Gasteiger partial charge >= 0.3 is 0 Å². The van der Waals surface area contributed by atoms with Gasteiger partial charge in [-0.2, -0.15) is 0 Å². The fourth-order valence-corrected chi connectivity index (χ4v) is 2.06. The summed E-state index contributed by atoms with van der Waals surface area (Å²) < 4.78 is 0. The predicted octanol–water partition coefficient (Wildman–Crippen LogP) is 0.343. The standard InChI is InChI=1S/C12H14N6/c1-2-17-12(18-5-3-13-4-6-18)11(16-1)10-7-14-9-15-8-10/h1-2,7-9,13H,3-6H2. The molecule has 3 rings (SSSR count). The summed E-state index contributed by atoms with van der Waals surface area (Å²) in [6.07, 6.45) is 8.48. The molecule has 0 atom stereocenters. The number of aromatic nitrogens is 4. The SMILES string of the molecule is c1ncc(-c2nccnc2N2CCNCC2)cn1. The first-order valence-electron chi connectivity index (χ1n) is 5.97. The first-order valence-corrected chi connectivity index (χ1v) is 5.97. The van der Waals surface area contributed by atoms with Crippen LogP contribution in [0.2, 0.25) is 0 Å². The summed E-state index contributed by atoms with van der Waals surface area (Å²) in [6, 6.07) is 0. The predicted molar refractivity (Wildman–Crippen MR) is 68.1 cm³/mol. The molecule has 0 spiro atoms. The molecule has 0 aromatic carbocycles. The zero-order valence-electron chi connectivity index (χ0n) is 9.95. The molecule has 1 aliphatic rings. The maximum Gasteiger partial charge on any atom is 0.155 e. The molecule has 0 unspecified atom stereocenters. The lowest BCUT2D eigenvalue weighted by atomic mass is 10.2. The zero-order valence-corrected chi connectivity index (χ0v) is 9.95. The van der Waals surface area contributed by atoms with Crippen molar-refractivity contribution in [2.24, 2.45) is 0 Å². The van der Waals surface area contributed by atoms with E-state index in [4.69, 9.17) is 0 Å². The van der Waals surface area contributed by atoms with E-state index in [-0.39, 0.29) is 0 Å². The first-order chi connectivity index (χ1) is 8.95. The minimum Gasteiger partial charge on any atom is -0.352 e. The lowest BCUT2D eigenvalue weighted by Gasteiger charge is -2.29. The zero-order chi connectivity index (χ0) is 12.2. The highest BCUT2D eigenvalue weighted by molar-refractivity contribution is 5.70. The van der Waals surface area contributed by atoms with Crippen LogP contribution in [-0.2, 0) is 0 Å². The summed E-state index contributed by atoms with van der Waals surface area (Å²) >= 11 is 0. The smallest absolute Gasteiger partial charge is 0.155 e. The van der Waals surface area contributed by atoms with Crippen LogP contribution in [0.4, 0.5) is 5.82 Å². The summed E-state index contributed by atoms with van der Waals surface area (Å²) in [4.78, 5) is 19.2. The van der Waals surface area contributed by atoms with E-state index in [0.29, 0.717) is 0 Å². The third-order valence-electron chi connectivity index (χ3n) is 2.93. The van der Waals surface area contributed by atoms with Crippen LogP contribution in [0.3, 0.4) is 0 Å². The molecule has 0 bridgehead atoms. The van der Waals surface area contributed by atoms with Gasteiger partial charge in [0.15, 0.2) is 5.82 Å². The normalized spacial score (nSPS) is 15.7. The third-order valence-corrected chi connectivity index (χ3v) is 2.93. The largest absolute Gasteiger partial charge is 0.352 e. The fraction of sp³-hybridized carbons (Fsp3) is 0.333.